The molecule has 1 aliphatic carbocycles. The molecule has 0 bridgehead atoms. The Morgan fingerprint density at radius 1 is 1.11 bits per heavy atom. The van der Waals surface area contributed by atoms with E-state index in [-0.39, 0.29) is 23.7 Å². The number of nitrogens with zero attached hydrogens (tertiary/aromatic N) is 2. The highest BCUT2D eigenvalue weighted by molar-refractivity contribution is 6.30. The molecule has 186 valence electrons. The SMILES string of the molecule is CC(C)C(c1nc(-c2cccc(Cl)c2)cn1Cc1ccccc1)[C@@H](CCCN)C(=O)C1CCCC1. The van der Waals surface area contributed by atoms with E-state index in [1.54, 1.807) is 0 Å². The van der Waals surface area contributed by atoms with Crippen LogP contribution in [0.1, 0.15) is 69.7 Å². The molecule has 5 heteroatoms. The van der Waals surface area contributed by atoms with Crippen molar-refractivity contribution in [3.05, 3.63) is 77.2 Å². The molecule has 2 aromatic carbocycles. The highest BCUT2D eigenvalue weighted by Gasteiger charge is 2.38. The van der Waals surface area contributed by atoms with Gasteiger partial charge in [-0.2, -0.15) is 0 Å². The van der Waals surface area contributed by atoms with Gasteiger partial charge in [-0.05, 0) is 55.8 Å². The Morgan fingerprint density at radius 3 is 2.51 bits per heavy atom. The van der Waals surface area contributed by atoms with Gasteiger partial charge in [0.2, 0.25) is 0 Å². The summed E-state index contributed by atoms with van der Waals surface area (Å²) in [7, 11) is 0. The van der Waals surface area contributed by atoms with E-state index in [9.17, 15) is 4.79 Å². The number of nitrogens with two attached hydrogens (primary N) is 1. The third-order valence-electron chi connectivity index (χ3n) is 7.42. The van der Waals surface area contributed by atoms with Crippen LogP contribution in [0.3, 0.4) is 0 Å². The van der Waals surface area contributed by atoms with Crippen LogP contribution >= 0.6 is 11.6 Å². The fourth-order valence-corrected chi connectivity index (χ4v) is 5.87. The molecule has 1 unspecified atom stereocenters. The number of hydrogen-bond acceptors (Lipinski definition) is 3. The van der Waals surface area contributed by atoms with Crippen molar-refractivity contribution in [3.8, 4) is 11.3 Å². The molecule has 0 radical (unpaired) electrons. The van der Waals surface area contributed by atoms with E-state index in [4.69, 9.17) is 22.3 Å². The lowest BCUT2D eigenvalue weighted by molar-refractivity contribution is -0.128. The number of imidazole rings is 1. The standard InChI is InChI=1S/C30H38ClN3O/c1-21(2)28(26(16-9-17-32)29(35)23-12-6-7-13-23)30-33-27(24-14-8-15-25(31)18-24)20-34(30)19-22-10-4-3-5-11-22/h3-5,8,10-11,14-15,18,20-21,23,26,28H,6-7,9,12-13,16-17,19,32H2,1-2H3/t26-,28?/m1/s1. The fraction of sp³-hybridized carbons (Fsp3) is 0.467. The first-order valence-corrected chi connectivity index (χ1v) is 13.5. The third kappa shape index (κ3) is 6.23. The van der Waals surface area contributed by atoms with Gasteiger partial charge >= 0.3 is 0 Å². The Morgan fingerprint density at radius 2 is 1.86 bits per heavy atom. The molecule has 0 saturated heterocycles. The second-order valence-corrected chi connectivity index (χ2v) is 10.7. The number of ketones is 1. The molecule has 35 heavy (non-hydrogen) atoms. The van der Waals surface area contributed by atoms with Crippen LogP contribution in [0.2, 0.25) is 5.02 Å². The molecule has 1 aromatic heterocycles. The smallest absolute Gasteiger partial charge is 0.139 e. The number of rotatable bonds is 11. The van der Waals surface area contributed by atoms with Crippen LogP contribution in [0.5, 0.6) is 0 Å². The summed E-state index contributed by atoms with van der Waals surface area (Å²) in [5, 5.41) is 0.694. The van der Waals surface area contributed by atoms with Crippen molar-refractivity contribution in [3.63, 3.8) is 0 Å². The molecule has 0 spiro atoms. The van der Waals surface area contributed by atoms with Crippen molar-refractivity contribution in [1.29, 1.82) is 0 Å². The van der Waals surface area contributed by atoms with Gasteiger partial charge in [0.1, 0.15) is 11.6 Å². The molecular formula is C30H38ClN3O. The summed E-state index contributed by atoms with van der Waals surface area (Å²) in [6, 6.07) is 18.3. The van der Waals surface area contributed by atoms with Crippen molar-refractivity contribution in [2.75, 3.05) is 6.54 Å². The maximum Gasteiger partial charge on any atom is 0.139 e. The number of benzene rings is 2. The third-order valence-corrected chi connectivity index (χ3v) is 7.65. The van der Waals surface area contributed by atoms with Gasteiger partial charge in [0, 0.05) is 41.1 Å². The van der Waals surface area contributed by atoms with Gasteiger partial charge in [-0.15, -0.1) is 0 Å². The summed E-state index contributed by atoms with van der Waals surface area (Å²) >= 11 is 6.31. The molecular weight excluding hydrogens is 454 g/mol. The Kier molecular flexibility index (Phi) is 8.80. The minimum atomic E-state index is -0.0641. The summed E-state index contributed by atoms with van der Waals surface area (Å²) in [6.45, 7) is 5.77. The highest BCUT2D eigenvalue weighted by Crippen LogP contribution is 2.40. The molecule has 0 amide bonds. The van der Waals surface area contributed by atoms with Gasteiger partial charge in [0.05, 0.1) is 5.69 Å². The van der Waals surface area contributed by atoms with Crippen LogP contribution in [-0.4, -0.2) is 21.9 Å². The quantitative estimate of drug-likeness (QED) is 0.311. The van der Waals surface area contributed by atoms with Gasteiger partial charge in [-0.25, -0.2) is 4.98 Å². The number of Topliss-reactive ketones (excluding diaryl/α,β-unsaturated/α-hetero) is 1. The number of carbonyl (C=O) groups is 1. The normalized spacial score (nSPS) is 16.0. The zero-order chi connectivity index (χ0) is 24.8. The van der Waals surface area contributed by atoms with E-state index < -0.39 is 0 Å². The molecule has 1 saturated carbocycles. The van der Waals surface area contributed by atoms with Crippen LogP contribution in [0, 0.1) is 17.8 Å². The molecule has 2 N–H and O–H groups in total. The average Bonchev–Trinajstić information content (AvgIpc) is 3.53. The minimum Gasteiger partial charge on any atom is -0.330 e. The largest absolute Gasteiger partial charge is 0.330 e. The van der Waals surface area contributed by atoms with Crippen LogP contribution < -0.4 is 5.73 Å². The molecule has 4 rings (SSSR count). The van der Waals surface area contributed by atoms with Crippen molar-refractivity contribution in [2.45, 2.75) is 64.8 Å². The summed E-state index contributed by atoms with van der Waals surface area (Å²) < 4.78 is 2.26. The van der Waals surface area contributed by atoms with Gasteiger partial charge in [-0.1, -0.05) is 80.8 Å². The predicted octanol–water partition coefficient (Wildman–Crippen LogP) is 7.11. The van der Waals surface area contributed by atoms with Crippen LogP contribution in [-0.2, 0) is 11.3 Å². The Hall–Kier alpha value is -2.43. The molecule has 0 aliphatic heterocycles. The number of carbonyl (C=O) groups excluding carboxylic acids is 1. The predicted molar refractivity (Wildman–Crippen MR) is 145 cm³/mol. The highest BCUT2D eigenvalue weighted by atomic mass is 35.5. The number of halogens is 1. The zero-order valence-corrected chi connectivity index (χ0v) is 21.8. The van der Waals surface area contributed by atoms with Crippen LogP contribution in [0.15, 0.2) is 60.8 Å². The van der Waals surface area contributed by atoms with E-state index in [1.807, 2.05) is 30.3 Å². The van der Waals surface area contributed by atoms with E-state index >= 15 is 0 Å². The van der Waals surface area contributed by atoms with Gasteiger partial charge in [0.15, 0.2) is 0 Å². The lowest BCUT2D eigenvalue weighted by Gasteiger charge is -2.31. The topological polar surface area (TPSA) is 60.9 Å². The molecule has 1 heterocycles. The second kappa shape index (κ2) is 12.0. The maximum absolute atomic E-state index is 13.9. The molecule has 2 atom stereocenters. The monoisotopic (exact) mass is 491 g/mol. The number of aromatic nitrogens is 2. The summed E-state index contributed by atoms with van der Waals surface area (Å²) in [4.78, 5) is 19.1. The molecule has 1 aliphatic rings. The van der Waals surface area contributed by atoms with Gasteiger partial charge in [-0.3, -0.25) is 4.79 Å². The van der Waals surface area contributed by atoms with E-state index in [2.05, 4.69) is 48.9 Å². The zero-order valence-electron chi connectivity index (χ0n) is 21.0. The van der Waals surface area contributed by atoms with E-state index in [0.717, 1.165) is 55.6 Å². The van der Waals surface area contributed by atoms with Crippen molar-refractivity contribution < 1.29 is 4.79 Å². The van der Waals surface area contributed by atoms with E-state index in [1.165, 1.54) is 5.56 Å². The average molecular weight is 492 g/mol. The first-order chi connectivity index (χ1) is 17.0. The lowest BCUT2D eigenvalue weighted by atomic mass is 9.74. The van der Waals surface area contributed by atoms with Gasteiger partial charge in [0.25, 0.3) is 0 Å². The Labute approximate surface area is 214 Å². The summed E-state index contributed by atoms with van der Waals surface area (Å²) in [5.74, 6) is 1.84. The van der Waals surface area contributed by atoms with Crippen molar-refractivity contribution in [2.24, 2.45) is 23.5 Å². The molecule has 3 aromatic rings. The first-order valence-electron chi connectivity index (χ1n) is 13.1. The molecule has 4 nitrogen and oxygen atoms in total. The maximum atomic E-state index is 13.9. The van der Waals surface area contributed by atoms with Crippen molar-refractivity contribution >= 4 is 17.4 Å². The van der Waals surface area contributed by atoms with Crippen molar-refractivity contribution in [1.82, 2.24) is 9.55 Å². The Bertz CT molecular complexity index is 1100. The van der Waals surface area contributed by atoms with Crippen LogP contribution in [0.25, 0.3) is 11.3 Å². The Balaban J connectivity index is 1.79. The molecule has 1 fully saturated rings. The number of hydrogen-bond donors (Lipinski definition) is 1. The first kappa shape index (κ1) is 25.7. The summed E-state index contributed by atoms with van der Waals surface area (Å²) in [6.07, 6.45) is 8.17. The van der Waals surface area contributed by atoms with E-state index in [0.29, 0.717) is 23.9 Å². The minimum absolute atomic E-state index is 0.0336. The summed E-state index contributed by atoms with van der Waals surface area (Å²) in [5.41, 5.74) is 9.03. The lowest BCUT2D eigenvalue weighted by Crippen LogP contribution is -2.32. The fourth-order valence-electron chi connectivity index (χ4n) is 5.68. The van der Waals surface area contributed by atoms with Gasteiger partial charge < -0.3 is 10.3 Å². The van der Waals surface area contributed by atoms with Crippen LogP contribution in [0.4, 0.5) is 0 Å². The second-order valence-electron chi connectivity index (χ2n) is 10.3.